The quantitative estimate of drug-likeness (QED) is 0.121. The van der Waals surface area contributed by atoms with E-state index in [0.29, 0.717) is 0 Å². The first kappa shape index (κ1) is 39.2. The molecule has 0 spiro atoms. The van der Waals surface area contributed by atoms with Gasteiger partial charge in [-0.05, 0) is 123 Å². The third kappa shape index (κ3) is 5.12. The van der Waals surface area contributed by atoms with Gasteiger partial charge in [0.15, 0.2) is 0 Å². The van der Waals surface area contributed by atoms with E-state index in [-0.39, 0.29) is 17.5 Å². The Kier molecular flexibility index (Phi) is 7.62. The fourth-order valence-electron chi connectivity index (χ4n) is 13.0. The lowest BCUT2D eigenvalue weighted by Gasteiger charge is -2.36. The van der Waals surface area contributed by atoms with Crippen molar-refractivity contribution < 1.29 is 0 Å². The molecule has 0 radical (unpaired) electrons. The first-order valence-electron chi connectivity index (χ1n) is 24.7. The highest BCUT2D eigenvalue weighted by Gasteiger charge is 2.43. The molecule has 0 saturated heterocycles. The maximum absolute atomic E-state index is 2.72. The average Bonchev–Trinajstić information content (AvgIpc) is 3.91. The highest BCUT2D eigenvalue weighted by Crippen LogP contribution is 2.51. The summed E-state index contributed by atoms with van der Waals surface area (Å²) >= 11 is 0. The summed E-state index contributed by atoms with van der Waals surface area (Å²) in [6.45, 7) is 14.2. The van der Waals surface area contributed by atoms with Crippen LogP contribution < -0.4 is 16.4 Å². The van der Waals surface area contributed by atoms with E-state index in [1.54, 1.807) is 0 Å². The summed E-state index contributed by atoms with van der Waals surface area (Å²) in [4.78, 5) is 0. The Balaban J connectivity index is 1.25. The lowest BCUT2D eigenvalue weighted by atomic mass is 9.34. The third-order valence-electron chi connectivity index (χ3n) is 16.1. The zero-order valence-corrected chi connectivity index (χ0v) is 39.9. The molecule has 0 saturated carbocycles. The summed E-state index contributed by atoms with van der Waals surface area (Å²) < 4.78 is 5.39. The standard InChI is InChI=1S/C66H49BN2/c1-65(2,3)42-30-31-48-53(34-42)69-55-36-43(66(4,5)6)35-54-62(55)67(50-33-41-24-14-16-26-45(41)60-58-44-25-15-13-19-38(44)29-32-52(58)68(54)63(50)60)51-37-49-56(39-20-9-7-10-21-39)46-27-17-18-28-47(46)57(40-22-11-8-12-23-40)59(49)61(48)64(51)69/h7-37H,1-6H3. The molecule has 326 valence electrons. The van der Waals surface area contributed by atoms with Crippen LogP contribution in [0.1, 0.15) is 52.7 Å². The predicted octanol–water partition coefficient (Wildman–Crippen LogP) is 15.6. The molecule has 69 heavy (non-hydrogen) atoms. The van der Waals surface area contributed by atoms with Gasteiger partial charge >= 0.3 is 0 Å². The molecule has 13 aromatic rings. The zero-order chi connectivity index (χ0) is 46.2. The molecule has 4 heterocycles. The van der Waals surface area contributed by atoms with E-state index in [1.807, 2.05) is 0 Å². The molecule has 2 aromatic heterocycles. The number of hydrogen-bond acceptors (Lipinski definition) is 0. The minimum atomic E-state index is -0.119. The van der Waals surface area contributed by atoms with Gasteiger partial charge in [0.25, 0.3) is 6.71 Å². The molecule has 0 bridgehead atoms. The fraction of sp³-hybridized carbons (Fsp3) is 0.121. The summed E-state index contributed by atoms with van der Waals surface area (Å²) in [7, 11) is 0. The van der Waals surface area contributed by atoms with Crippen molar-refractivity contribution in [2.75, 3.05) is 0 Å². The van der Waals surface area contributed by atoms with Gasteiger partial charge in [-0.15, -0.1) is 0 Å². The fourth-order valence-corrected chi connectivity index (χ4v) is 13.0. The Morgan fingerprint density at radius 3 is 1.52 bits per heavy atom. The maximum Gasteiger partial charge on any atom is 0.252 e. The molecule has 0 amide bonds. The van der Waals surface area contributed by atoms with Crippen molar-refractivity contribution in [2.24, 2.45) is 0 Å². The first-order chi connectivity index (χ1) is 33.5. The van der Waals surface area contributed by atoms with Gasteiger partial charge in [-0.3, -0.25) is 0 Å². The molecule has 2 aliphatic heterocycles. The van der Waals surface area contributed by atoms with E-state index >= 15 is 0 Å². The molecular formula is C66H49BN2. The predicted molar refractivity (Wildman–Crippen MR) is 298 cm³/mol. The zero-order valence-electron chi connectivity index (χ0n) is 39.9. The van der Waals surface area contributed by atoms with E-state index in [0.717, 1.165) is 0 Å². The van der Waals surface area contributed by atoms with E-state index in [9.17, 15) is 0 Å². The van der Waals surface area contributed by atoms with Gasteiger partial charge in [0.2, 0.25) is 0 Å². The van der Waals surface area contributed by atoms with Gasteiger partial charge in [0.05, 0.1) is 22.1 Å². The van der Waals surface area contributed by atoms with Crippen LogP contribution >= 0.6 is 0 Å². The van der Waals surface area contributed by atoms with Crippen LogP contribution in [0.2, 0.25) is 0 Å². The van der Waals surface area contributed by atoms with Gasteiger partial charge in [-0.1, -0.05) is 205 Å². The minimum absolute atomic E-state index is 0.0414. The van der Waals surface area contributed by atoms with Gasteiger partial charge in [-0.2, -0.15) is 0 Å². The maximum atomic E-state index is 2.72. The Labute approximate surface area is 402 Å². The van der Waals surface area contributed by atoms with E-state index < -0.39 is 0 Å². The van der Waals surface area contributed by atoms with Crippen molar-refractivity contribution >= 4 is 110 Å². The second kappa shape index (κ2) is 13.4. The smallest absolute Gasteiger partial charge is 0.252 e. The van der Waals surface area contributed by atoms with Crippen LogP contribution in [0.15, 0.2) is 188 Å². The van der Waals surface area contributed by atoms with Crippen LogP contribution in [0.25, 0.3) is 120 Å². The van der Waals surface area contributed by atoms with Crippen molar-refractivity contribution in [1.82, 2.24) is 9.13 Å². The Morgan fingerprint density at radius 2 is 0.870 bits per heavy atom. The first-order valence-corrected chi connectivity index (χ1v) is 24.7. The molecule has 3 heteroatoms. The largest absolute Gasteiger partial charge is 0.310 e. The Hall–Kier alpha value is -7.88. The Morgan fingerprint density at radius 1 is 0.348 bits per heavy atom. The van der Waals surface area contributed by atoms with Gasteiger partial charge in [-0.25, -0.2) is 0 Å². The van der Waals surface area contributed by atoms with Crippen LogP contribution in [0.5, 0.6) is 0 Å². The third-order valence-corrected chi connectivity index (χ3v) is 16.1. The molecule has 2 aliphatic rings. The number of nitrogens with zero attached hydrogens (tertiary/aromatic N) is 2. The van der Waals surface area contributed by atoms with Gasteiger partial charge in [0, 0.05) is 38.3 Å². The van der Waals surface area contributed by atoms with Crippen molar-refractivity contribution in [2.45, 2.75) is 52.4 Å². The molecule has 0 atom stereocenters. The normalized spacial score (nSPS) is 13.3. The summed E-state index contributed by atoms with van der Waals surface area (Å²) in [5.41, 5.74) is 19.5. The molecule has 2 nitrogen and oxygen atoms in total. The summed E-state index contributed by atoms with van der Waals surface area (Å²) in [5.74, 6) is 0. The number of fused-ring (bicyclic) bond motifs is 17. The number of rotatable bonds is 2. The number of hydrogen-bond donors (Lipinski definition) is 0. The van der Waals surface area contributed by atoms with E-state index in [2.05, 4.69) is 239 Å². The van der Waals surface area contributed by atoms with Crippen LogP contribution in [-0.4, -0.2) is 15.8 Å². The van der Waals surface area contributed by atoms with E-state index in [1.165, 1.54) is 148 Å². The Bertz CT molecular complexity index is 4420. The van der Waals surface area contributed by atoms with Crippen LogP contribution in [0, 0.1) is 0 Å². The summed E-state index contributed by atoms with van der Waals surface area (Å²) in [6, 6.07) is 72.2. The lowest BCUT2D eigenvalue weighted by molar-refractivity contribution is 0.589. The molecule has 0 unspecified atom stereocenters. The molecule has 0 fully saturated rings. The SMILES string of the molecule is CC(C)(C)c1cc2c3c(c1)-n1c4ccc5ccccc5c4c4c5ccccc5cc(c41)B3c1cc3c(-c4ccccc4)c4ccccc4c(-c4ccccc4)c3c3c4ccc(C(C)(C)C)cc4n-2c13. The minimum Gasteiger partial charge on any atom is -0.310 e. The van der Waals surface area contributed by atoms with Crippen molar-refractivity contribution in [3.05, 3.63) is 199 Å². The molecular weight excluding hydrogens is 832 g/mol. The van der Waals surface area contributed by atoms with Crippen LogP contribution in [0.4, 0.5) is 0 Å². The molecule has 11 aromatic carbocycles. The van der Waals surface area contributed by atoms with Crippen molar-refractivity contribution in [3.63, 3.8) is 0 Å². The number of benzene rings is 11. The highest BCUT2D eigenvalue weighted by atomic mass is 15.0. The molecule has 0 aliphatic carbocycles. The lowest BCUT2D eigenvalue weighted by Crippen LogP contribution is -2.59. The summed E-state index contributed by atoms with van der Waals surface area (Å²) in [5, 5.41) is 15.6. The second-order valence-electron chi connectivity index (χ2n) is 22.0. The molecule has 0 N–H and O–H groups in total. The average molecular weight is 881 g/mol. The summed E-state index contributed by atoms with van der Waals surface area (Å²) in [6.07, 6.45) is 0. The van der Waals surface area contributed by atoms with Crippen LogP contribution in [-0.2, 0) is 10.8 Å². The van der Waals surface area contributed by atoms with Crippen molar-refractivity contribution in [3.8, 4) is 33.6 Å². The topological polar surface area (TPSA) is 9.86 Å². The monoisotopic (exact) mass is 880 g/mol. The highest BCUT2D eigenvalue weighted by molar-refractivity contribution is 7.00. The number of aromatic nitrogens is 2. The second-order valence-corrected chi connectivity index (χ2v) is 22.0. The molecule has 15 rings (SSSR count). The van der Waals surface area contributed by atoms with Gasteiger partial charge in [0.1, 0.15) is 0 Å². The van der Waals surface area contributed by atoms with Crippen LogP contribution in [0.3, 0.4) is 0 Å². The van der Waals surface area contributed by atoms with E-state index in [4.69, 9.17) is 0 Å². The van der Waals surface area contributed by atoms with Crippen molar-refractivity contribution in [1.29, 1.82) is 0 Å². The van der Waals surface area contributed by atoms with Gasteiger partial charge < -0.3 is 9.13 Å².